The quantitative estimate of drug-likeness (QED) is 0.201. The van der Waals surface area contributed by atoms with Crippen LogP contribution >= 0.6 is 0 Å². The Morgan fingerprint density at radius 1 is 0.897 bits per heavy atom. The summed E-state index contributed by atoms with van der Waals surface area (Å²) in [7, 11) is 0. The molecule has 0 bridgehead atoms. The maximum absolute atomic E-state index is 11.1. The first kappa shape index (κ1) is 26.2. The average molecular weight is 414 g/mol. The van der Waals surface area contributed by atoms with Gasteiger partial charge in [0.25, 0.3) is 0 Å². The summed E-state index contributed by atoms with van der Waals surface area (Å²) in [4.78, 5) is 32.9. The van der Waals surface area contributed by atoms with Crippen LogP contribution in [-0.4, -0.2) is 84.6 Å². The molecule has 0 aliphatic carbocycles. The Balaban J connectivity index is 0.000000665. The number of benzene rings is 1. The summed E-state index contributed by atoms with van der Waals surface area (Å²) in [6, 6.07) is 4.14. The molecule has 1 aromatic rings. The van der Waals surface area contributed by atoms with Crippen LogP contribution in [0.1, 0.15) is 26.3 Å². The molecule has 0 fully saturated rings. The Hall–Kier alpha value is -2.79. The highest BCUT2D eigenvalue weighted by atomic mass is 16.5. The second kappa shape index (κ2) is 16.2. The third-order valence-electron chi connectivity index (χ3n) is 3.22. The van der Waals surface area contributed by atoms with Crippen molar-refractivity contribution in [2.24, 2.45) is 0 Å². The second-order valence-electron chi connectivity index (χ2n) is 5.24. The van der Waals surface area contributed by atoms with Gasteiger partial charge in [0.1, 0.15) is 0 Å². The zero-order valence-electron chi connectivity index (χ0n) is 15.9. The second-order valence-corrected chi connectivity index (χ2v) is 5.24. The molecule has 1 aromatic carbocycles. The van der Waals surface area contributed by atoms with E-state index < -0.39 is 17.9 Å². The maximum Gasteiger partial charge on any atom is 0.336 e. The van der Waals surface area contributed by atoms with E-state index in [1.54, 1.807) is 0 Å². The van der Waals surface area contributed by atoms with E-state index >= 15 is 0 Å². The van der Waals surface area contributed by atoms with E-state index in [4.69, 9.17) is 34.6 Å². The first-order chi connectivity index (χ1) is 13.9. The molecule has 1 rings (SSSR count). The molecule has 0 saturated heterocycles. The molecule has 0 amide bonds. The molecule has 0 aliphatic heterocycles. The molecular weight excluding hydrogens is 388 g/mol. The number of rotatable bonds is 13. The number of hydrogen-bond donors (Lipinski definition) is 4. The number of carbonyl (C=O) groups is 3. The number of carboxylic acid groups (broad SMARTS) is 2. The molecule has 0 atom stereocenters. The van der Waals surface area contributed by atoms with Gasteiger partial charge in [-0.05, 0) is 11.6 Å². The molecule has 0 heterocycles. The van der Waals surface area contributed by atoms with Crippen molar-refractivity contribution < 1.29 is 49.0 Å². The maximum atomic E-state index is 11.1. The first-order valence-corrected chi connectivity index (χ1v) is 8.63. The van der Waals surface area contributed by atoms with E-state index in [1.807, 2.05) is 0 Å². The minimum atomic E-state index is -1.33. The van der Waals surface area contributed by atoms with Crippen LogP contribution in [0.15, 0.2) is 30.9 Å². The van der Waals surface area contributed by atoms with Gasteiger partial charge in [-0.15, -0.1) is 0 Å². The van der Waals surface area contributed by atoms with Crippen molar-refractivity contribution in [3.63, 3.8) is 0 Å². The Bertz CT molecular complexity index is 648. The number of aliphatic hydroxyl groups is 2. The predicted molar refractivity (Wildman–Crippen MR) is 101 cm³/mol. The zero-order chi connectivity index (χ0) is 22.1. The minimum Gasteiger partial charge on any atom is -0.478 e. The van der Waals surface area contributed by atoms with Crippen LogP contribution in [0.3, 0.4) is 0 Å². The Kier molecular flexibility index (Phi) is 14.6. The molecule has 162 valence electrons. The van der Waals surface area contributed by atoms with E-state index in [2.05, 4.69) is 6.58 Å². The summed E-state index contributed by atoms with van der Waals surface area (Å²) in [6.07, 6.45) is 1.11. The van der Waals surface area contributed by atoms with Gasteiger partial charge in [-0.25, -0.2) is 14.4 Å². The lowest BCUT2D eigenvalue weighted by Crippen LogP contribution is -2.13. The first-order valence-electron chi connectivity index (χ1n) is 8.63. The van der Waals surface area contributed by atoms with Gasteiger partial charge in [0.15, 0.2) is 0 Å². The largest absolute Gasteiger partial charge is 0.478 e. The standard InChI is InChI=1S/C13H12O6.C6H14O4/c1-2-10(14)19-7-6-8-4-3-5-9(12(15)16)11(8)13(17)18;7-1-3-9-5-6-10-4-2-8/h2-5H,1,6-7H2,(H,15,16)(H,17,18);7-8H,1-6H2. The molecule has 0 radical (unpaired) electrons. The number of ether oxygens (including phenoxy) is 3. The van der Waals surface area contributed by atoms with Crippen LogP contribution in [0, 0.1) is 0 Å². The van der Waals surface area contributed by atoms with Crippen molar-refractivity contribution >= 4 is 17.9 Å². The number of aliphatic hydroxyl groups excluding tert-OH is 2. The Labute approximate surface area is 167 Å². The van der Waals surface area contributed by atoms with E-state index in [-0.39, 0.29) is 37.4 Å². The average Bonchev–Trinajstić information content (AvgIpc) is 2.70. The number of hydrogen-bond acceptors (Lipinski definition) is 8. The summed E-state index contributed by atoms with van der Waals surface area (Å²) in [6.45, 7) is 4.90. The van der Waals surface area contributed by atoms with Gasteiger partial charge < -0.3 is 34.6 Å². The highest BCUT2D eigenvalue weighted by Gasteiger charge is 2.19. The number of aromatic carboxylic acids is 2. The topological polar surface area (TPSA) is 160 Å². The summed E-state index contributed by atoms with van der Waals surface area (Å²) in [5.74, 6) is -3.27. The van der Waals surface area contributed by atoms with Crippen LogP contribution < -0.4 is 0 Å². The lowest BCUT2D eigenvalue weighted by Gasteiger charge is -2.09. The lowest BCUT2D eigenvalue weighted by atomic mass is 9.99. The third-order valence-corrected chi connectivity index (χ3v) is 3.22. The number of carboxylic acids is 2. The van der Waals surface area contributed by atoms with Crippen LogP contribution in [0.2, 0.25) is 0 Å². The number of esters is 1. The lowest BCUT2D eigenvalue weighted by molar-refractivity contribution is -0.137. The third kappa shape index (κ3) is 11.6. The van der Waals surface area contributed by atoms with E-state index in [1.165, 1.54) is 18.2 Å². The molecule has 4 N–H and O–H groups in total. The summed E-state index contributed by atoms with van der Waals surface area (Å²) in [5.41, 5.74) is -0.283. The molecule has 0 aliphatic rings. The fourth-order valence-electron chi connectivity index (χ4n) is 2.01. The highest BCUT2D eigenvalue weighted by Crippen LogP contribution is 2.16. The van der Waals surface area contributed by atoms with Crippen molar-refractivity contribution in [3.8, 4) is 0 Å². The van der Waals surface area contributed by atoms with Gasteiger partial charge in [-0.2, -0.15) is 0 Å². The molecule has 0 aromatic heterocycles. The van der Waals surface area contributed by atoms with Crippen molar-refractivity contribution in [3.05, 3.63) is 47.5 Å². The summed E-state index contributed by atoms with van der Waals surface area (Å²) in [5, 5.41) is 34.5. The van der Waals surface area contributed by atoms with Crippen LogP contribution in [-0.2, 0) is 25.4 Å². The van der Waals surface area contributed by atoms with Crippen molar-refractivity contribution in [2.75, 3.05) is 46.2 Å². The molecule has 0 saturated carbocycles. The summed E-state index contributed by atoms with van der Waals surface area (Å²) >= 11 is 0. The summed E-state index contributed by atoms with van der Waals surface area (Å²) < 4.78 is 14.5. The van der Waals surface area contributed by atoms with Gasteiger partial charge in [-0.1, -0.05) is 18.7 Å². The van der Waals surface area contributed by atoms with Gasteiger partial charge in [-0.3, -0.25) is 0 Å². The highest BCUT2D eigenvalue weighted by molar-refractivity contribution is 6.02. The van der Waals surface area contributed by atoms with Crippen LogP contribution in [0.25, 0.3) is 0 Å². The fourth-order valence-corrected chi connectivity index (χ4v) is 2.01. The Morgan fingerprint density at radius 2 is 1.48 bits per heavy atom. The zero-order valence-corrected chi connectivity index (χ0v) is 15.9. The van der Waals surface area contributed by atoms with Gasteiger partial charge >= 0.3 is 17.9 Å². The van der Waals surface area contributed by atoms with Crippen molar-refractivity contribution in [1.82, 2.24) is 0 Å². The van der Waals surface area contributed by atoms with Gasteiger partial charge in [0.05, 0.1) is 57.4 Å². The Morgan fingerprint density at radius 3 is 1.93 bits per heavy atom. The molecule has 0 unspecified atom stereocenters. The number of carbonyl (C=O) groups excluding carboxylic acids is 1. The predicted octanol–water partition coefficient (Wildman–Crippen LogP) is 0.359. The normalized spacial score (nSPS) is 9.86. The van der Waals surface area contributed by atoms with Crippen molar-refractivity contribution in [2.45, 2.75) is 6.42 Å². The van der Waals surface area contributed by atoms with Gasteiger partial charge in [0.2, 0.25) is 0 Å². The molecular formula is C19H26O10. The fraction of sp³-hybridized carbons (Fsp3) is 0.421. The molecule has 10 nitrogen and oxygen atoms in total. The molecule has 10 heteroatoms. The van der Waals surface area contributed by atoms with E-state index in [0.29, 0.717) is 32.0 Å². The molecule has 0 spiro atoms. The SMILES string of the molecule is C=CC(=O)OCCc1cccc(C(=O)O)c1C(=O)O.OCCOCCOCCO. The van der Waals surface area contributed by atoms with Gasteiger partial charge in [0, 0.05) is 12.5 Å². The van der Waals surface area contributed by atoms with Crippen LogP contribution in [0.5, 0.6) is 0 Å². The molecule has 29 heavy (non-hydrogen) atoms. The van der Waals surface area contributed by atoms with E-state index in [0.717, 1.165) is 6.08 Å². The van der Waals surface area contributed by atoms with Crippen molar-refractivity contribution in [1.29, 1.82) is 0 Å². The van der Waals surface area contributed by atoms with Crippen LogP contribution in [0.4, 0.5) is 0 Å². The van der Waals surface area contributed by atoms with E-state index in [9.17, 15) is 14.4 Å². The monoisotopic (exact) mass is 414 g/mol. The minimum absolute atomic E-state index is 0.0417. The smallest absolute Gasteiger partial charge is 0.336 e.